The predicted octanol–water partition coefficient (Wildman–Crippen LogP) is -0.143. The second kappa shape index (κ2) is 6.32. The van der Waals surface area contributed by atoms with Gasteiger partial charge in [0.25, 0.3) is 0 Å². The molecule has 106 valence electrons. The van der Waals surface area contributed by atoms with E-state index in [4.69, 9.17) is 0 Å². The van der Waals surface area contributed by atoms with Crippen molar-refractivity contribution in [3.05, 3.63) is 0 Å². The maximum Gasteiger partial charge on any atom is 0.211 e. The zero-order chi connectivity index (χ0) is 13.0. The standard InChI is InChI=1S/C12H25N3O2S/c1-15-6-4-11(9-15)8-14-18(16,17)10-12-3-2-5-13-7-12/h11-14H,2-10H2,1H3. The first-order valence-corrected chi connectivity index (χ1v) is 8.57. The number of hydrogen-bond donors (Lipinski definition) is 2. The van der Waals surface area contributed by atoms with Gasteiger partial charge in [-0.15, -0.1) is 0 Å². The lowest BCUT2D eigenvalue weighted by atomic mass is 10.0. The molecule has 2 fully saturated rings. The summed E-state index contributed by atoms with van der Waals surface area (Å²) < 4.78 is 26.8. The number of sulfonamides is 1. The maximum absolute atomic E-state index is 12.0. The first-order chi connectivity index (χ1) is 8.55. The molecule has 0 aromatic carbocycles. The van der Waals surface area contributed by atoms with Crippen LogP contribution in [0.4, 0.5) is 0 Å². The van der Waals surface area contributed by atoms with Crippen LogP contribution in [0.25, 0.3) is 0 Å². The van der Waals surface area contributed by atoms with E-state index in [9.17, 15) is 8.42 Å². The zero-order valence-corrected chi connectivity index (χ0v) is 12.0. The zero-order valence-electron chi connectivity index (χ0n) is 11.2. The largest absolute Gasteiger partial charge is 0.316 e. The molecule has 2 unspecified atom stereocenters. The summed E-state index contributed by atoms with van der Waals surface area (Å²) in [6, 6.07) is 0. The Balaban J connectivity index is 1.73. The Morgan fingerprint density at radius 3 is 2.78 bits per heavy atom. The summed E-state index contributed by atoms with van der Waals surface area (Å²) in [5, 5.41) is 3.26. The molecule has 0 bridgehead atoms. The van der Waals surface area contributed by atoms with Crippen molar-refractivity contribution in [2.45, 2.75) is 19.3 Å². The van der Waals surface area contributed by atoms with Gasteiger partial charge >= 0.3 is 0 Å². The second-order valence-electron chi connectivity index (χ2n) is 5.76. The Morgan fingerprint density at radius 2 is 2.17 bits per heavy atom. The van der Waals surface area contributed by atoms with E-state index in [0.717, 1.165) is 45.4 Å². The quantitative estimate of drug-likeness (QED) is 0.733. The Labute approximate surface area is 110 Å². The lowest BCUT2D eigenvalue weighted by Crippen LogP contribution is -2.39. The number of nitrogens with one attached hydrogen (secondary N) is 2. The van der Waals surface area contributed by atoms with Crippen LogP contribution in [0.15, 0.2) is 0 Å². The first-order valence-electron chi connectivity index (χ1n) is 6.92. The molecule has 2 atom stereocenters. The highest BCUT2D eigenvalue weighted by Gasteiger charge is 2.24. The van der Waals surface area contributed by atoms with Crippen molar-refractivity contribution in [1.82, 2.24) is 14.9 Å². The third-order valence-electron chi connectivity index (χ3n) is 3.93. The topological polar surface area (TPSA) is 61.4 Å². The molecule has 0 radical (unpaired) electrons. The highest BCUT2D eigenvalue weighted by atomic mass is 32.2. The lowest BCUT2D eigenvalue weighted by molar-refractivity contribution is 0.391. The Kier molecular flexibility index (Phi) is 5.00. The monoisotopic (exact) mass is 275 g/mol. The molecule has 0 spiro atoms. The van der Waals surface area contributed by atoms with Crippen molar-refractivity contribution < 1.29 is 8.42 Å². The van der Waals surface area contributed by atoms with Gasteiger partial charge in [0.05, 0.1) is 5.75 Å². The summed E-state index contributed by atoms with van der Waals surface area (Å²) in [5.74, 6) is 1.04. The molecule has 2 N–H and O–H groups in total. The van der Waals surface area contributed by atoms with Crippen molar-refractivity contribution in [2.75, 3.05) is 45.5 Å². The van der Waals surface area contributed by atoms with Crippen molar-refractivity contribution >= 4 is 10.0 Å². The predicted molar refractivity (Wildman–Crippen MR) is 73.0 cm³/mol. The lowest BCUT2D eigenvalue weighted by Gasteiger charge is -2.23. The van der Waals surface area contributed by atoms with Crippen molar-refractivity contribution in [1.29, 1.82) is 0 Å². The number of piperidine rings is 1. The average molecular weight is 275 g/mol. The molecule has 0 saturated carbocycles. The molecule has 2 saturated heterocycles. The van der Waals surface area contributed by atoms with Crippen LogP contribution in [0.2, 0.25) is 0 Å². The minimum atomic E-state index is -3.09. The maximum atomic E-state index is 12.0. The number of hydrogen-bond acceptors (Lipinski definition) is 4. The summed E-state index contributed by atoms with van der Waals surface area (Å²) in [6.07, 6.45) is 3.22. The van der Waals surface area contributed by atoms with E-state index >= 15 is 0 Å². The van der Waals surface area contributed by atoms with Crippen LogP contribution in [-0.4, -0.2) is 58.8 Å². The smallest absolute Gasteiger partial charge is 0.211 e. The van der Waals surface area contributed by atoms with Gasteiger partial charge in [0.2, 0.25) is 10.0 Å². The van der Waals surface area contributed by atoms with Crippen molar-refractivity contribution in [3.63, 3.8) is 0 Å². The Hall–Kier alpha value is -0.170. The van der Waals surface area contributed by atoms with Gasteiger partial charge in [-0.05, 0) is 57.8 Å². The van der Waals surface area contributed by atoms with E-state index < -0.39 is 10.0 Å². The van der Waals surface area contributed by atoms with Gasteiger partial charge in [-0.2, -0.15) is 0 Å². The fourth-order valence-electron chi connectivity index (χ4n) is 2.87. The minimum absolute atomic E-state index is 0.280. The number of likely N-dealkylation sites (tertiary alicyclic amines) is 1. The van der Waals surface area contributed by atoms with Gasteiger partial charge < -0.3 is 10.2 Å². The van der Waals surface area contributed by atoms with Gasteiger partial charge in [-0.25, -0.2) is 13.1 Å². The van der Waals surface area contributed by atoms with Gasteiger partial charge in [-0.3, -0.25) is 0 Å². The summed E-state index contributed by atoms with van der Waals surface area (Å²) in [6.45, 7) is 4.56. The first kappa shape index (κ1) is 14.2. The molecule has 0 aliphatic carbocycles. The van der Waals surface area contributed by atoms with Gasteiger partial charge in [0.15, 0.2) is 0 Å². The van der Waals surface area contributed by atoms with E-state index in [1.54, 1.807) is 0 Å². The van der Waals surface area contributed by atoms with E-state index in [1.165, 1.54) is 0 Å². The Morgan fingerprint density at radius 1 is 1.33 bits per heavy atom. The summed E-state index contributed by atoms with van der Waals surface area (Å²) in [5.41, 5.74) is 0. The molecule has 2 aliphatic heterocycles. The van der Waals surface area contributed by atoms with Crippen LogP contribution in [0.1, 0.15) is 19.3 Å². The summed E-state index contributed by atoms with van der Waals surface area (Å²) in [7, 11) is -1.01. The van der Waals surface area contributed by atoms with Crippen LogP contribution < -0.4 is 10.0 Å². The second-order valence-corrected chi connectivity index (χ2v) is 7.61. The third-order valence-corrected chi connectivity index (χ3v) is 5.45. The van der Waals surface area contributed by atoms with Gasteiger partial charge in [0, 0.05) is 13.1 Å². The van der Waals surface area contributed by atoms with Gasteiger partial charge in [-0.1, -0.05) is 0 Å². The summed E-state index contributed by atoms with van der Waals surface area (Å²) >= 11 is 0. The molecule has 2 rings (SSSR count). The molecule has 2 heterocycles. The molecule has 5 nitrogen and oxygen atoms in total. The molecule has 0 amide bonds. The highest BCUT2D eigenvalue weighted by molar-refractivity contribution is 7.89. The van der Waals surface area contributed by atoms with Crippen LogP contribution in [0.5, 0.6) is 0 Å². The molecule has 6 heteroatoms. The number of nitrogens with zero attached hydrogens (tertiary/aromatic N) is 1. The molecule has 0 aromatic heterocycles. The average Bonchev–Trinajstić information content (AvgIpc) is 2.74. The van der Waals surface area contributed by atoms with E-state index in [-0.39, 0.29) is 11.7 Å². The van der Waals surface area contributed by atoms with E-state index in [2.05, 4.69) is 22.0 Å². The fourth-order valence-corrected chi connectivity index (χ4v) is 4.39. The van der Waals surface area contributed by atoms with E-state index in [0.29, 0.717) is 12.5 Å². The van der Waals surface area contributed by atoms with Crippen LogP contribution in [0, 0.1) is 11.8 Å². The molecule has 18 heavy (non-hydrogen) atoms. The minimum Gasteiger partial charge on any atom is -0.316 e. The summed E-state index contributed by atoms with van der Waals surface area (Å²) in [4.78, 5) is 2.25. The van der Waals surface area contributed by atoms with Crippen LogP contribution >= 0.6 is 0 Å². The molecule has 2 aliphatic rings. The molecule has 0 aromatic rings. The third kappa shape index (κ3) is 4.50. The fraction of sp³-hybridized carbons (Fsp3) is 1.00. The van der Waals surface area contributed by atoms with E-state index in [1.807, 2.05) is 0 Å². The Bertz CT molecular complexity index is 352. The van der Waals surface area contributed by atoms with Crippen molar-refractivity contribution in [3.8, 4) is 0 Å². The van der Waals surface area contributed by atoms with Crippen LogP contribution in [0.3, 0.4) is 0 Å². The normalized spacial score (nSPS) is 30.7. The van der Waals surface area contributed by atoms with Gasteiger partial charge in [0.1, 0.15) is 0 Å². The molecular weight excluding hydrogens is 250 g/mol. The SMILES string of the molecule is CN1CCC(CNS(=O)(=O)CC2CCCNC2)C1. The number of rotatable bonds is 5. The highest BCUT2D eigenvalue weighted by Crippen LogP contribution is 2.15. The molecular formula is C12H25N3O2S. The van der Waals surface area contributed by atoms with Crippen molar-refractivity contribution in [2.24, 2.45) is 11.8 Å². The van der Waals surface area contributed by atoms with Crippen LogP contribution in [-0.2, 0) is 10.0 Å².